The molecular weight excluding hydrogens is 310 g/mol. The summed E-state index contributed by atoms with van der Waals surface area (Å²) in [5.74, 6) is 0.695. The average Bonchev–Trinajstić information content (AvgIpc) is 2.94. The lowest BCUT2D eigenvalue weighted by Gasteiger charge is -2.17. The van der Waals surface area contributed by atoms with Crippen molar-refractivity contribution in [3.05, 3.63) is 23.8 Å². The summed E-state index contributed by atoms with van der Waals surface area (Å²) in [4.78, 5) is 26.1. The molecule has 0 bridgehead atoms. The van der Waals surface area contributed by atoms with E-state index in [9.17, 15) is 9.59 Å². The number of nitrogens with one attached hydrogen (secondary N) is 1. The number of methoxy groups -OCH3 is 1. The highest BCUT2D eigenvalue weighted by molar-refractivity contribution is 5.98. The first kappa shape index (κ1) is 18.1. The van der Waals surface area contributed by atoms with E-state index < -0.39 is 0 Å². The van der Waals surface area contributed by atoms with Crippen molar-refractivity contribution >= 4 is 11.8 Å². The van der Waals surface area contributed by atoms with Crippen LogP contribution in [0.3, 0.4) is 0 Å². The Morgan fingerprint density at radius 1 is 1.46 bits per heavy atom. The van der Waals surface area contributed by atoms with Crippen LogP contribution in [0.15, 0.2) is 18.2 Å². The normalized spacial score (nSPS) is 17.0. The maximum Gasteiger partial charge on any atom is 0.255 e. The Bertz CT molecular complexity index is 591. The second-order valence-electron chi connectivity index (χ2n) is 5.63. The SMILES string of the molecule is CCN1CC(NC(=O)c2cccc(OC)c2OCCCN)CC1=O. The number of nitrogens with two attached hydrogens (primary N) is 1. The van der Waals surface area contributed by atoms with Crippen LogP contribution in [0.5, 0.6) is 11.5 Å². The average molecular weight is 335 g/mol. The number of ether oxygens (including phenoxy) is 2. The minimum atomic E-state index is -0.271. The summed E-state index contributed by atoms with van der Waals surface area (Å²) in [5, 5.41) is 2.91. The Kier molecular flexibility index (Phi) is 6.43. The molecule has 2 amide bonds. The van der Waals surface area contributed by atoms with Crippen molar-refractivity contribution in [2.24, 2.45) is 5.73 Å². The lowest BCUT2D eigenvalue weighted by molar-refractivity contribution is -0.127. The van der Waals surface area contributed by atoms with Gasteiger partial charge in [-0.25, -0.2) is 0 Å². The number of benzene rings is 1. The van der Waals surface area contributed by atoms with Crippen molar-refractivity contribution in [1.29, 1.82) is 0 Å². The number of rotatable bonds is 8. The van der Waals surface area contributed by atoms with Gasteiger partial charge in [-0.1, -0.05) is 6.07 Å². The van der Waals surface area contributed by atoms with Gasteiger partial charge in [-0.15, -0.1) is 0 Å². The van der Waals surface area contributed by atoms with Crippen LogP contribution in [0.1, 0.15) is 30.1 Å². The molecule has 3 N–H and O–H groups in total. The van der Waals surface area contributed by atoms with E-state index in [0.29, 0.717) is 56.1 Å². The Morgan fingerprint density at radius 2 is 2.25 bits per heavy atom. The maximum atomic E-state index is 12.6. The van der Waals surface area contributed by atoms with Gasteiger partial charge in [0.15, 0.2) is 11.5 Å². The van der Waals surface area contributed by atoms with Crippen molar-refractivity contribution in [1.82, 2.24) is 10.2 Å². The molecule has 0 spiro atoms. The minimum absolute atomic E-state index is 0.0628. The fourth-order valence-corrected chi connectivity index (χ4v) is 2.70. The first-order valence-corrected chi connectivity index (χ1v) is 8.19. The molecule has 0 aromatic heterocycles. The Balaban J connectivity index is 2.12. The van der Waals surface area contributed by atoms with Crippen molar-refractivity contribution in [3.63, 3.8) is 0 Å². The van der Waals surface area contributed by atoms with E-state index in [0.717, 1.165) is 0 Å². The zero-order chi connectivity index (χ0) is 17.5. The molecule has 1 aliphatic heterocycles. The number of para-hydroxylation sites is 1. The molecule has 1 saturated heterocycles. The zero-order valence-corrected chi connectivity index (χ0v) is 14.2. The van der Waals surface area contributed by atoms with Crippen LogP contribution in [0.2, 0.25) is 0 Å². The Labute approximate surface area is 142 Å². The summed E-state index contributed by atoms with van der Waals surface area (Å²) in [6.07, 6.45) is 1.01. The van der Waals surface area contributed by atoms with Crippen LogP contribution in [-0.4, -0.2) is 56.1 Å². The van der Waals surface area contributed by atoms with Gasteiger partial charge >= 0.3 is 0 Å². The number of likely N-dealkylation sites (tertiary alicyclic amines) is 1. The van der Waals surface area contributed by atoms with E-state index in [4.69, 9.17) is 15.2 Å². The largest absolute Gasteiger partial charge is 0.493 e. The summed E-state index contributed by atoms with van der Waals surface area (Å²) >= 11 is 0. The van der Waals surface area contributed by atoms with Gasteiger partial charge < -0.3 is 25.4 Å². The van der Waals surface area contributed by atoms with E-state index in [1.807, 2.05) is 6.92 Å². The molecule has 7 heteroatoms. The van der Waals surface area contributed by atoms with E-state index >= 15 is 0 Å². The standard InChI is InChI=1S/C17H25N3O4/c1-3-20-11-12(10-15(20)21)19-17(22)13-6-4-7-14(23-2)16(13)24-9-5-8-18/h4,6-7,12H,3,5,8-11,18H2,1-2H3,(H,19,22). The van der Waals surface area contributed by atoms with Crippen LogP contribution in [0, 0.1) is 0 Å². The minimum Gasteiger partial charge on any atom is -0.493 e. The molecule has 1 unspecified atom stereocenters. The molecule has 1 aromatic carbocycles. The first-order chi connectivity index (χ1) is 11.6. The molecule has 0 radical (unpaired) electrons. The molecule has 1 atom stereocenters. The number of nitrogens with zero attached hydrogens (tertiary/aromatic N) is 1. The molecule has 2 rings (SSSR count). The van der Waals surface area contributed by atoms with Crippen LogP contribution in [0.4, 0.5) is 0 Å². The number of carbonyl (C=O) groups is 2. The fraction of sp³-hybridized carbons (Fsp3) is 0.529. The van der Waals surface area contributed by atoms with Gasteiger partial charge in [0.1, 0.15) is 0 Å². The van der Waals surface area contributed by atoms with Crippen LogP contribution in [0.25, 0.3) is 0 Å². The van der Waals surface area contributed by atoms with E-state index in [1.165, 1.54) is 7.11 Å². The van der Waals surface area contributed by atoms with Gasteiger partial charge in [0.05, 0.1) is 25.3 Å². The molecular formula is C17H25N3O4. The second-order valence-corrected chi connectivity index (χ2v) is 5.63. The number of carbonyl (C=O) groups excluding carboxylic acids is 2. The lowest BCUT2D eigenvalue weighted by atomic mass is 10.1. The quantitative estimate of drug-likeness (QED) is 0.685. The number of amides is 2. The van der Waals surface area contributed by atoms with E-state index in [2.05, 4.69) is 5.32 Å². The van der Waals surface area contributed by atoms with Gasteiger partial charge in [-0.05, 0) is 32.0 Å². The maximum absolute atomic E-state index is 12.6. The molecule has 0 saturated carbocycles. The highest BCUT2D eigenvalue weighted by Crippen LogP contribution is 2.31. The van der Waals surface area contributed by atoms with Gasteiger partial charge in [0.25, 0.3) is 5.91 Å². The summed E-state index contributed by atoms with van der Waals surface area (Å²) < 4.78 is 11.0. The van der Waals surface area contributed by atoms with Gasteiger partial charge in [-0.2, -0.15) is 0 Å². The van der Waals surface area contributed by atoms with E-state index in [1.54, 1.807) is 23.1 Å². The van der Waals surface area contributed by atoms with Crippen LogP contribution < -0.4 is 20.5 Å². The highest BCUT2D eigenvalue weighted by Gasteiger charge is 2.30. The summed E-state index contributed by atoms with van der Waals surface area (Å²) in [6.45, 7) is 4.02. The number of hydrogen-bond acceptors (Lipinski definition) is 5. The van der Waals surface area contributed by atoms with Crippen molar-refractivity contribution in [2.75, 3.05) is 33.4 Å². The molecule has 24 heavy (non-hydrogen) atoms. The van der Waals surface area contributed by atoms with Crippen LogP contribution >= 0.6 is 0 Å². The smallest absolute Gasteiger partial charge is 0.255 e. The predicted molar refractivity (Wildman–Crippen MR) is 90.3 cm³/mol. The monoisotopic (exact) mass is 335 g/mol. The van der Waals surface area contributed by atoms with Gasteiger partial charge in [-0.3, -0.25) is 9.59 Å². The van der Waals surface area contributed by atoms with Crippen LogP contribution in [-0.2, 0) is 4.79 Å². The molecule has 1 heterocycles. The molecule has 1 aromatic rings. The zero-order valence-electron chi connectivity index (χ0n) is 14.2. The van der Waals surface area contributed by atoms with Crippen molar-refractivity contribution in [3.8, 4) is 11.5 Å². The topological polar surface area (TPSA) is 93.9 Å². The predicted octanol–water partition coefficient (Wildman–Crippen LogP) is 0.773. The number of hydrogen-bond donors (Lipinski definition) is 2. The second kappa shape index (κ2) is 8.54. The van der Waals surface area contributed by atoms with Gasteiger partial charge in [0, 0.05) is 19.5 Å². The fourth-order valence-electron chi connectivity index (χ4n) is 2.70. The summed E-state index contributed by atoms with van der Waals surface area (Å²) in [7, 11) is 1.53. The third kappa shape index (κ3) is 4.17. The van der Waals surface area contributed by atoms with Crippen molar-refractivity contribution in [2.45, 2.75) is 25.8 Å². The first-order valence-electron chi connectivity index (χ1n) is 8.19. The lowest BCUT2D eigenvalue weighted by Crippen LogP contribution is -2.37. The molecule has 1 fully saturated rings. The van der Waals surface area contributed by atoms with Gasteiger partial charge in [0.2, 0.25) is 5.91 Å². The molecule has 0 aliphatic carbocycles. The Morgan fingerprint density at radius 3 is 2.88 bits per heavy atom. The third-order valence-electron chi connectivity index (χ3n) is 3.97. The van der Waals surface area contributed by atoms with Crippen molar-refractivity contribution < 1.29 is 19.1 Å². The third-order valence-corrected chi connectivity index (χ3v) is 3.97. The highest BCUT2D eigenvalue weighted by atomic mass is 16.5. The number of likely N-dealkylation sites (N-methyl/N-ethyl adjacent to an activating group) is 1. The Hall–Kier alpha value is -2.28. The molecule has 132 valence electrons. The molecule has 7 nitrogen and oxygen atoms in total. The summed E-state index contributed by atoms with van der Waals surface area (Å²) in [6, 6.07) is 4.98. The molecule has 1 aliphatic rings. The van der Waals surface area contributed by atoms with E-state index in [-0.39, 0.29) is 17.9 Å². The summed E-state index contributed by atoms with van der Waals surface area (Å²) in [5.41, 5.74) is 5.88.